The highest BCUT2D eigenvalue weighted by Gasteiger charge is 1.99. The van der Waals surface area contributed by atoms with Gasteiger partial charge in [-0.3, -0.25) is 0 Å². The lowest BCUT2D eigenvalue weighted by atomic mass is 10.2. The van der Waals surface area contributed by atoms with Crippen molar-refractivity contribution < 1.29 is 4.74 Å². The molecule has 0 amide bonds. The normalized spacial score (nSPS) is 9.40. The predicted molar refractivity (Wildman–Crippen MR) is 89.9 cm³/mol. The summed E-state index contributed by atoms with van der Waals surface area (Å²) in [5, 5.41) is 0. The second-order valence-corrected chi connectivity index (χ2v) is 4.02. The van der Waals surface area contributed by atoms with E-state index in [1.165, 1.54) is 0 Å². The Bertz CT molecular complexity index is 556. The lowest BCUT2D eigenvalue weighted by molar-refractivity contribution is 0.293. The van der Waals surface area contributed by atoms with Gasteiger partial charge >= 0.3 is 0 Å². The van der Waals surface area contributed by atoms with Crippen LogP contribution in [-0.2, 0) is 13.2 Å². The largest absolute Gasteiger partial charge is 0.473 e. The minimum absolute atomic E-state index is 0. The van der Waals surface area contributed by atoms with Crippen LogP contribution in [0.3, 0.4) is 0 Å². The van der Waals surface area contributed by atoms with Gasteiger partial charge < -0.3 is 16.2 Å². The van der Waals surface area contributed by atoms with Crippen molar-refractivity contribution in [3.8, 4) is 5.88 Å². The first-order valence-electron chi connectivity index (χ1n) is 5.91. The first-order valence-corrected chi connectivity index (χ1v) is 5.91. The van der Waals surface area contributed by atoms with Gasteiger partial charge in [0, 0.05) is 12.3 Å². The number of benzene rings is 1. The molecule has 2 rings (SSSR count). The van der Waals surface area contributed by atoms with E-state index >= 15 is 0 Å². The molecule has 0 atom stereocenters. The van der Waals surface area contributed by atoms with Crippen molar-refractivity contribution in [2.24, 2.45) is 16.5 Å². The number of halogens is 1. The van der Waals surface area contributed by atoms with Crippen molar-refractivity contribution in [2.45, 2.75) is 13.2 Å². The second-order valence-electron chi connectivity index (χ2n) is 4.02. The number of aliphatic imine (C=N–C) groups is 1. The molecule has 0 saturated heterocycles. The number of hydrogen-bond acceptors (Lipinski definition) is 3. The number of aromatic nitrogens is 1. The second kappa shape index (κ2) is 8.36. The molecule has 0 spiro atoms. The Morgan fingerprint density at radius 3 is 2.55 bits per heavy atom. The van der Waals surface area contributed by atoms with Crippen LogP contribution in [0.1, 0.15) is 11.1 Å². The molecule has 2 aromatic rings. The molecular weight excluding hydrogens is 367 g/mol. The molecule has 0 aliphatic carbocycles. The van der Waals surface area contributed by atoms with Crippen LogP contribution in [0, 0.1) is 0 Å². The van der Waals surface area contributed by atoms with Crippen molar-refractivity contribution in [1.29, 1.82) is 0 Å². The Hall–Kier alpha value is -1.83. The lowest BCUT2D eigenvalue weighted by Crippen LogP contribution is -2.22. The molecule has 5 nitrogen and oxygen atoms in total. The Balaban J connectivity index is 0.00000200. The monoisotopic (exact) mass is 384 g/mol. The van der Waals surface area contributed by atoms with E-state index in [9.17, 15) is 0 Å². The highest BCUT2D eigenvalue weighted by molar-refractivity contribution is 14.0. The number of nitrogens with zero attached hydrogens (tertiary/aromatic N) is 2. The molecule has 0 aliphatic rings. The van der Waals surface area contributed by atoms with Gasteiger partial charge in [-0.15, -0.1) is 24.0 Å². The molecular formula is C14H17IN4O. The minimum atomic E-state index is 0. The Morgan fingerprint density at radius 1 is 1.10 bits per heavy atom. The Kier molecular flexibility index (Phi) is 6.78. The van der Waals surface area contributed by atoms with E-state index < -0.39 is 0 Å². The van der Waals surface area contributed by atoms with Crippen LogP contribution in [0.5, 0.6) is 5.88 Å². The predicted octanol–water partition coefficient (Wildman–Crippen LogP) is 2.05. The van der Waals surface area contributed by atoms with Crippen LogP contribution in [0.2, 0.25) is 0 Å². The van der Waals surface area contributed by atoms with Gasteiger partial charge in [0.25, 0.3) is 0 Å². The van der Waals surface area contributed by atoms with Crippen LogP contribution in [0.15, 0.2) is 53.7 Å². The maximum atomic E-state index is 5.62. The SMILES string of the molecule is I.NC(N)=NCc1ccnc(OCc2ccccc2)c1. The van der Waals surface area contributed by atoms with Gasteiger partial charge in [-0.2, -0.15) is 0 Å². The van der Waals surface area contributed by atoms with Crippen LogP contribution in [0.25, 0.3) is 0 Å². The van der Waals surface area contributed by atoms with Gasteiger partial charge in [-0.05, 0) is 17.2 Å². The Labute approximate surface area is 135 Å². The van der Waals surface area contributed by atoms with Gasteiger partial charge in [-0.25, -0.2) is 9.98 Å². The van der Waals surface area contributed by atoms with Crippen LogP contribution in [-0.4, -0.2) is 10.9 Å². The average Bonchev–Trinajstić information content (AvgIpc) is 2.44. The summed E-state index contributed by atoms with van der Waals surface area (Å²) >= 11 is 0. The maximum absolute atomic E-state index is 5.62. The van der Waals surface area contributed by atoms with Crippen LogP contribution < -0.4 is 16.2 Å². The zero-order chi connectivity index (χ0) is 13.5. The maximum Gasteiger partial charge on any atom is 0.213 e. The molecule has 4 N–H and O–H groups in total. The summed E-state index contributed by atoms with van der Waals surface area (Å²) in [6, 6.07) is 13.6. The van der Waals surface area contributed by atoms with Gasteiger partial charge in [0.2, 0.25) is 5.88 Å². The average molecular weight is 384 g/mol. The quantitative estimate of drug-likeness (QED) is 0.469. The topological polar surface area (TPSA) is 86.5 Å². The molecule has 1 aromatic heterocycles. The van der Waals surface area contributed by atoms with Crippen LogP contribution >= 0.6 is 24.0 Å². The molecule has 6 heteroatoms. The van der Waals surface area contributed by atoms with Gasteiger partial charge in [0.15, 0.2) is 5.96 Å². The highest BCUT2D eigenvalue weighted by Crippen LogP contribution is 2.12. The third-order valence-electron chi connectivity index (χ3n) is 2.47. The van der Waals surface area contributed by atoms with Crippen molar-refractivity contribution in [3.63, 3.8) is 0 Å². The molecule has 1 heterocycles. The third kappa shape index (κ3) is 5.43. The number of ether oxygens (including phenoxy) is 1. The summed E-state index contributed by atoms with van der Waals surface area (Å²) in [6.07, 6.45) is 1.68. The number of hydrogen-bond donors (Lipinski definition) is 2. The molecule has 0 saturated carbocycles. The van der Waals surface area contributed by atoms with E-state index in [0.29, 0.717) is 19.0 Å². The summed E-state index contributed by atoms with van der Waals surface area (Å²) in [7, 11) is 0. The zero-order valence-electron chi connectivity index (χ0n) is 10.9. The van der Waals surface area contributed by atoms with Crippen molar-refractivity contribution >= 4 is 29.9 Å². The molecule has 1 aromatic carbocycles. The van der Waals surface area contributed by atoms with Gasteiger partial charge in [0.05, 0.1) is 6.54 Å². The summed E-state index contributed by atoms with van der Waals surface area (Å²) in [5.41, 5.74) is 12.6. The van der Waals surface area contributed by atoms with E-state index in [1.54, 1.807) is 6.20 Å². The fourth-order valence-corrected chi connectivity index (χ4v) is 1.54. The standard InChI is InChI=1S/C14H16N4O.HI/c15-14(16)18-9-12-6-7-17-13(8-12)19-10-11-4-2-1-3-5-11;/h1-8H,9-10H2,(H4,15,16,18);1H. The molecule has 0 fully saturated rings. The minimum Gasteiger partial charge on any atom is -0.473 e. The lowest BCUT2D eigenvalue weighted by Gasteiger charge is -2.06. The van der Waals surface area contributed by atoms with E-state index in [1.807, 2.05) is 42.5 Å². The van der Waals surface area contributed by atoms with Crippen molar-refractivity contribution in [1.82, 2.24) is 4.98 Å². The smallest absolute Gasteiger partial charge is 0.213 e. The zero-order valence-corrected chi connectivity index (χ0v) is 13.2. The van der Waals surface area contributed by atoms with Crippen molar-refractivity contribution in [2.75, 3.05) is 0 Å². The summed E-state index contributed by atoms with van der Waals surface area (Å²) in [6.45, 7) is 0.909. The summed E-state index contributed by atoms with van der Waals surface area (Å²) < 4.78 is 5.62. The third-order valence-corrected chi connectivity index (χ3v) is 2.47. The van der Waals surface area contributed by atoms with E-state index in [4.69, 9.17) is 16.2 Å². The van der Waals surface area contributed by atoms with Crippen molar-refractivity contribution in [3.05, 3.63) is 59.8 Å². The van der Waals surface area contributed by atoms with E-state index in [2.05, 4.69) is 9.98 Å². The number of nitrogens with two attached hydrogens (primary N) is 2. The number of guanidine groups is 1. The molecule has 0 aliphatic heterocycles. The first-order chi connectivity index (χ1) is 9.24. The van der Waals surface area contributed by atoms with E-state index in [-0.39, 0.29) is 29.9 Å². The number of rotatable bonds is 5. The summed E-state index contributed by atoms with van der Waals surface area (Å²) in [5.74, 6) is 0.635. The van der Waals surface area contributed by atoms with E-state index in [0.717, 1.165) is 11.1 Å². The number of pyridine rings is 1. The summed E-state index contributed by atoms with van der Waals surface area (Å²) in [4.78, 5) is 8.09. The van der Waals surface area contributed by atoms with Gasteiger partial charge in [-0.1, -0.05) is 30.3 Å². The molecule has 0 unspecified atom stereocenters. The van der Waals surface area contributed by atoms with Gasteiger partial charge in [0.1, 0.15) is 6.61 Å². The molecule has 106 valence electrons. The highest BCUT2D eigenvalue weighted by atomic mass is 127. The fraction of sp³-hybridized carbons (Fsp3) is 0.143. The van der Waals surface area contributed by atoms with Crippen LogP contribution in [0.4, 0.5) is 0 Å². The molecule has 0 bridgehead atoms. The fourth-order valence-electron chi connectivity index (χ4n) is 1.54. The molecule has 20 heavy (non-hydrogen) atoms. The first kappa shape index (κ1) is 16.2. The Morgan fingerprint density at radius 2 is 1.85 bits per heavy atom. The molecule has 0 radical (unpaired) electrons.